The lowest BCUT2D eigenvalue weighted by Gasteiger charge is -2.30. The lowest BCUT2D eigenvalue weighted by atomic mass is 9.71. The second kappa shape index (κ2) is 13.4. The van der Waals surface area contributed by atoms with Crippen LogP contribution in [0, 0.1) is 0 Å². The van der Waals surface area contributed by atoms with Gasteiger partial charge in [0.15, 0.2) is 5.82 Å². The largest absolute Gasteiger partial charge is 0.228 e. The summed E-state index contributed by atoms with van der Waals surface area (Å²) in [4.78, 5) is 10.6. The number of fused-ring (bicyclic) bond motifs is 6. The van der Waals surface area contributed by atoms with Crippen molar-refractivity contribution in [3.63, 3.8) is 0 Å². The Morgan fingerprint density at radius 2 is 0.965 bits per heavy atom. The zero-order valence-corrected chi connectivity index (χ0v) is 32.2. The minimum absolute atomic E-state index is 0.346. The first-order valence-electron chi connectivity index (χ1n) is 19.5. The Balaban J connectivity index is 1.09. The van der Waals surface area contributed by atoms with Crippen LogP contribution in [0.15, 0.2) is 200 Å². The molecule has 11 rings (SSSR count). The molecule has 0 saturated heterocycles. The van der Waals surface area contributed by atoms with Crippen molar-refractivity contribution < 1.29 is 0 Å². The molecular weight excluding hydrogens is 709 g/mol. The molecule has 1 aliphatic carbocycles. The number of benzene rings is 8. The van der Waals surface area contributed by atoms with Crippen LogP contribution in [-0.4, -0.2) is 9.97 Å². The molecule has 0 radical (unpaired) electrons. The van der Waals surface area contributed by atoms with Gasteiger partial charge < -0.3 is 0 Å². The molecule has 0 bridgehead atoms. The number of nitrogens with zero attached hydrogens (tertiary/aromatic N) is 2. The normalized spacial score (nSPS) is 14.5. The van der Waals surface area contributed by atoms with E-state index in [0.29, 0.717) is 5.82 Å². The van der Waals surface area contributed by atoms with Gasteiger partial charge in [-0.3, -0.25) is 0 Å². The Bertz CT molecular complexity index is 3140. The van der Waals surface area contributed by atoms with Crippen LogP contribution < -0.4 is 0 Å². The van der Waals surface area contributed by atoms with Crippen molar-refractivity contribution in [1.29, 1.82) is 0 Å². The Hall–Kier alpha value is -6.94. The average Bonchev–Trinajstić information content (AvgIpc) is 3.80. The fourth-order valence-electron chi connectivity index (χ4n) is 9.05. The van der Waals surface area contributed by atoms with Gasteiger partial charge in [-0.05, 0) is 87.3 Å². The van der Waals surface area contributed by atoms with Crippen molar-refractivity contribution >= 4 is 31.5 Å². The third-order valence-electron chi connectivity index (χ3n) is 11.8. The van der Waals surface area contributed by atoms with Crippen LogP contribution in [0.4, 0.5) is 0 Å². The molecular formula is C54H36N2S. The van der Waals surface area contributed by atoms with Gasteiger partial charge in [-0.1, -0.05) is 170 Å². The van der Waals surface area contributed by atoms with E-state index in [1.165, 1.54) is 59.1 Å². The maximum absolute atomic E-state index is 5.34. The maximum Gasteiger partial charge on any atom is 0.160 e. The van der Waals surface area contributed by atoms with Gasteiger partial charge in [0.2, 0.25) is 0 Å². The first-order chi connectivity index (χ1) is 28.1. The van der Waals surface area contributed by atoms with Crippen LogP contribution in [0.5, 0.6) is 0 Å². The molecule has 0 saturated carbocycles. The summed E-state index contributed by atoms with van der Waals surface area (Å²) in [5.41, 5.74) is 15.8. The Kier molecular flexibility index (Phi) is 7.84. The predicted molar refractivity (Wildman–Crippen MR) is 240 cm³/mol. The van der Waals surface area contributed by atoms with Crippen molar-refractivity contribution in [2.24, 2.45) is 0 Å². The summed E-state index contributed by atoms with van der Waals surface area (Å²) in [6.45, 7) is 2.39. The minimum atomic E-state index is -0.346. The lowest BCUT2D eigenvalue weighted by Crippen LogP contribution is -2.23. The molecule has 2 aromatic heterocycles. The molecule has 2 nitrogen and oxygen atoms in total. The van der Waals surface area contributed by atoms with E-state index in [2.05, 4.69) is 201 Å². The molecule has 0 amide bonds. The molecule has 8 aromatic carbocycles. The number of hydrogen-bond donors (Lipinski definition) is 0. The van der Waals surface area contributed by atoms with Crippen LogP contribution in [0.25, 0.3) is 87.5 Å². The molecule has 1 aliphatic rings. The smallest absolute Gasteiger partial charge is 0.160 e. The third kappa shape index (κ3) is 5.46. The van der Waals surface area contributed by atoms with Crippen LogP contribution in [0.1, 0.15) is 23.6 Å². The first-order valence-corrected chi connectivity index (χ1v) is 20.3. The Labute approximate surface area is 336 Å². The predicted octanol–water partition coefficient (Wildman–Crippen LogP) is 14.5. The highest BCUT2D eigenvalue weighted by Crippen LogP contribution is 2.56. The van der Waals surface area contributed by atoms with Gasteiger partial charge in [0.1, 0.15) is 0 Å². The number of rotatable bonds is 6. The van der Waals surface area contributed by atoms with Gasteiger partial charge in [0.25, 0.3) is 0 Å². The van der Waals surface area contributed by atoms with Gasteiger partial charge in [-0.15, -0.1) is 11.3 Å². The summed E-state index contributed by atoms with van der Waals surface area (Å²) in [7, 11) is 0. The van der Waals surface area contributed by atoms with Gasteiger partial charge in [-0.2, -0.15) is 0 Å². The molecule has 2 heterocycles. The second-order valence-corrected chi connectivity index (χ2v) is 16.1. The molecule has 0 fully saturated rings. The molecule has 0 aliphatic heterocycles. The van der Waals surface area contributed by atoms with Crippen molar-refractivity contribution in [1.82, 2.24) is 9.97 Å². The van der Waals surface area contributed by atoms with Crippen LogP contribution >= 0.6 is 11.3 Å². The van der Waals surface area contributed by atoms with Crippen LogP contribution in [0.3, 0.4) is 0 Å². The Morgan fingerprint density at radius 1 is 0.386 bits per heavy atom. The van der Waals surface area contributed by atoms with E-state index >= 15 is 0 Å². The maximum atomic E-state index is 5.34. The molecule has 0 spiro atoms. The summed E-state index contributed by atoms with van der Waals surface area (Å²) in [6.07, 6.45) is 0. The molecule has 57 heavy (non-hydrogen) atoms. The highest BCUT2D eigenvalue weighted by atomic mass is 32.1. The summed E-state index contributed by atoms with van der Waals surface area (Å²) in [5.74, 6) is 0.703. The van der Waals surface area contributed by atoms with E-state index in [-0.39, 0.29) is 5.41 Å². The Morgan fingerprint density at radius 3 is 1.81 bits per heavy atom. The standard InChI is InChI=1S/C54H36N2S/c1-54(39-20-6-3-7-21-39)47-28-12-10-23-41(47)45-27-15-26-44(52(45)54)40-22-8-9-24-42(40)49-34-48(55-53(56-49)35-16-4-2-5-17-35)38-19-14-18-36(32-38)37-30-31-51-46(33-37)43-25-11-13-29-50(43)57-51/h2-34H,1H3. The molecule has 1 unspecified atom stereocenters. The molecule has 3 heteroatoms. The van der Waals surface area contributed by atoms with E-state index in [4.69, 9.17) is 9.97 Å². The van der Waals surface area contributed by atoms with Gasteiger partial charge in [0, 0.05) is 42.3 Å². The van der Waals surface area contributed by atoms with Crippen molar-refractivity contribution in [3.05, 3.63) is 217 Å². The van der Waals surface area contributed by atoms with E-state index in [1.54, 1.807) is 0 Å². The lowest BCUT2D eigenvalue weighted by molar-refractivity contribution is 0.716. The van der Waals surface area contributed by atoms with E-state index in [1.807, 2.05) is 17.4 Å². The second-order valence-electron chi connectivity index (χ2n) is 15.0. The summed E-state index contributed by atoms with van der Waals surface area (Å²) in [5, 5.41) is 2.60. The van der Waals surface area contributed by atoms with Gasteiger partial charge >= 0.3 is 0 Å². The fraction of sp³-hybridized carbons (Fsp3) is 0.0370. The molecule has 10 aromatic rings. The van der Waals surface area contributed by atoms with E-state index in [0.717, 1.165) is 39.2 Å². The highest BCUT2D eigenvalue weighted by molar-refractivity contribution is 7.25. The number of thiophene rings is 1. The van der Waals surface area contributed by atoms with Crippen molar-refractivity contribution in [2.75, 3.05) is 0 Å². The first kappa shape index (κ1) is 33.4. The number of hydrogen-bond acceptors (Lipinski definition) is 3. The highest BCUT2D eigenvalue weighted by Gasteiger charge is 2.42. The van der Waals surface area contributed by atoms with Crippen molar-refractivity contribution in [3.8, 4) is 67.3 Å². The quantitative estimate of drug-likeness (QED) is 0.169. The van der Waals surface area contributed by atoms with Gasteiger partial charge in [-0.25, -0.2) is 9.97 Å². The summed E-state index contributed by atoms with van der Waals surface area (Å²) < 4.78 is 2.62. The zero-order valence-electron chi connectivity index (χ0n) is 31.4. The molecule has 0 N–H and O–H groups in total. The topological polar surface area (TPSA) is 25.8 Å². The SMILES string of the molecule is CC1(c2ccccc2)c2ccccc2-c2cccc(-c3ccccc3-c3cc(-c4cccc(-c5ccc6sc7ccccc7c6c5)c4)nc(-c4ccccc4)n3)c21. The summed E-state index contributed by atoms with van der Waals surface area (Å²) >= 11 is 1.85. The van der Waals surface area contributed by atoms with E-state index in [9.17, 15) is 0 Å². The molecule has 268 valence electrons. The zero-order chi connectivity index (χ0) is 37.9. The van der Waals surface area contributed by atoms with Crippen LogP contribution in [-0.2, 0) is 5.41 Å². The van der Waals surface area contributed by atoms with Crippen molar-refractivity contribution in [2.45, 2.75) is 12.3 Å². The molecule has 1 atom stereocenters. The monoisotopic (exact) mass is 744 g/mol. The minimum Gasteiger partial charge on any atom is -0.228 e. The van der Waals surface area contributed by atoms with Gasteiger partial charge in [0.05, 0.1) is 11.4 Å². The average molecular weight is 745 g/mol. The fourth-order valence-corrected chi connectivity index (χ4v) is 10.1. The van der Waals surface area contributed by atoms with Crippen LogP contribution in [0.2, 0.25) is 0 Å². The third-order valence-corrected chi connectivity index (χ3v) is 12.9. The van der Waals surface area contributed by atoms with E-state index < -0.39 is 0 Å². The summed E-state index contributed by atoms with van der Waals surface area (Å²) in [6, 6.07) is 72.2. The number of aromatic nitrogens is 2.